The van der Waals surface area contributed by atoms with Crippen LogP contribution in [0.3, 0.4) is 0 Å². The Kier molecular flexibility index (Phi) is 9.29. The highest BCUT2D eigenvalue weighted by molar-refractivity contribution is 6.70. The highest BCUT2D eigenvalue weighted by Crippen LogP contribution is 2.22. The third-order valence-corrected chi connectivity index (χ3v) is 6.04. The third kappa shape index (κ3) is 9.08. The quantitative estimate of drug-likeness (QED) is 0.403. The van der Waals surface area contributed by atoms with E-state index in [1.165, 1.54) is 0 Å². The van der Waals surface area contributed by atoms with Gasteiger partial charge in [-0.2, -0.15) is 15.8 Å². The molecule has 29 heavy (non-hydrogen) atoms. The highest BCUT2D eigenvalue weighted by atomic mass is 28.4. The van der Waals surface area contributed by atoms with E-state index in [0.29, 0.717) is 18.8 Å². The summed E-state index contributed by atoms with van der Waals surface area (Å²) in [5.41, 5.74) is 1.47. The molecule has 0 aliphatic rings. The molecule has 0 bridgehead atoms. The van der Waals surface area contributed by atoms with E-state index in [0.717, 1.165) is 18.8 Å². The molecule has 0 aliphatic carbocycles. The highest BCUT2D eigenvalue weighted by Gasteiger charge is 2.17. The number of nitriles is 3. The van der Waals surface area contributed by atoms with Crippen molar-refractivity contribution < 1.29 is 8.85 Å². The lowest BCUT2D eigenvalue weighted by Crippen LogP contribution is -2.37. The number of benzene rings is 1. The summed E-state index contributed by atoms with van der Waals surface area (Å²) >= 11 is 0. The molecule has 0 atom stereocenters. The van der Waals surface area contributed by atoms with E-state index in [9.17, 15) is 5.26 Å². The van der Waals surface area contributed by atoms with Crippen LogP contribution in [0.25, 0.3) is 5.57 Å². The first-order valence-electron chi connectivity index (χ1n) is 9.58. The smallest absolute Gasteiger partial charge is 0.183 e. The average molecular weight is 427 g/mol. The van der Waals surface area contributed by atoms with Crippen molar-refractivity contribution in [1.82, 2.24) is 0 Å². The van der Waals surface area contributed by atoms with Gasteiger partial charge in [0, 0.05) is 18.8 Å². The van der Waals surface area contributed by atoms with Gasteiger partial charge in [-0.05, 0) is 57.0 Å². The molecule has 0 saturated carbocycles. The molecule has 0 saturated heterocycles. The second-order valence-corrected chi connectivity index (χ2v) is 17.6. The molecule has 0 N–H and O–H groups in total. The van der Waals surface area contributed by atoms with E-state index < -0.39 is 16.6 Å². The van der Waals surface area contributed by atoms with Crippen LogP contribution in [0.15, 0.2) is 29.8 Å². The normalized spacial score (nSPS) is 11.1. The molecule has 0 unspecified atom stereocenters. The molecular weight excluding hydrogens is 396 g/mol. The van der Waals surface area contributed by atoms with Crippen LogP contribution >= 0.6 is 0 Å². The molecule has 0 aliphatic heterocycles. The SMILES string of the molecule is C[Si](C)(C)OCCN(CCO[Si](C)(C)C)c1ccc(C(C#N)=C(C#N)C#N)cc1. The molecule has 0 aromatic heterocycles. The minimum Gasteiger partial charge on any atom is -0.416 e. The van der Waals surface area contributed by atoms with Gasteiger partial charge in [0.2, 0.25) is 0 Å². The van der Waals surface area contributed by atoms with Gasteiger partial charge in [-0.15, -0.1) is 0 Å². The second kappa shape index (κ2) is 10.9. The van der Waals surface area contributed by atoms with Crippen molar-refractivity contribution in [3.8, 4) is 18.2 Å². The van der Waals surface area contributed by atoms with Gasteiger partial charge in [0.05, 0.1) is 18.8 Å². The van der Waals surface area contributed by atoms with Crippen LogP contribution < -0.4 is 4.90 Å². The van der Waals surface area contributed by atoms with Gasteiger partial charge in [0.25, 0.3) is 0 Å². The summed E-state index contributed by atoms with van der Waals surface area (Å²) in [6.07, 6.45) is 0. The number of nitrogens with zero attached hydrogens (tertiary/aromatic N) is 4. The molecule has 1 rings (SSSR count). The topological polar surface area (TPSA) is 93.1 Å². The molecule has 0 spiro atoms. The fourth-order valence-electron chi connectivity index (χ4n) is 2.53. The lowest BCUT2D eigenvalue weighted by Gasteiger charge is -2.28. The molecule has 154 valence electrons. The minimum atomic E-state index is -1.59. The molecule has 8 heteroatoms. The third-order valence-electron chi connectivity index (χ3n) is 3.90. The number of rotatable bonds is 10. The standard InChI is InChI=1S/C21H30N4O2Si2/c1-28(2,3)26-13-11-25(12-14-27-29(4,5)6)20-9-7-18(8-10-20)21(17-24)19(15-22)16-23/h7-10H,11-14H2,1-6H3. The number of allylic oxidation sites excluding steroid dienone is 2. The molecule has 0 amide bonds. The monoisotopic (exact) mass is 426 g/mol. The zero-order chi connectivity index (χ0) is 22.1. The maximum Gasteiger partial charge on any atom is 0.183 e. The summed E-state index contributed by atoms with van der Waals surface area (Å²) in [5, 5.41) is 27.4. The van der Waals surface area contributed by atoms with Gasteiger partial charge in [0.1, 0.15) is 23.8 Å². The average Bonchev–Trinajstić information content (AvgIpc) is 2.63. The molecular formula is C21H30N4O2Si2. The molecule has 6 nitrogen and oxygen atoms in total. The van der Waals surface area contributed by atoms with Crippen LogP contribution in [-0.2, 0) is 8.85 Å². The van der Waals surface area contributed by atoms with Crippen molar-refractivity contribution in [2.24, 2.45) is 0 Å². The molecule has 0 heterocycles. The number of hydrogen-bond acceptors (Lipinski definition) is 6. The zero-order valence-electron chi connectivity index (χ0n) is 18.2. The van der Waals surface area contributed by atoms with Crippen LogP contribution in [0.2, 0.25) is 39.3 Å². The van der Waals surface area contributed by atoms with Gasteiger partial charge in [-0.25, -0.2) is 0 Å². The van der Waals surface area contributed by atoms with Gasteiger partial charge >= 0.3 is 0 Å². The van der Waals surface area contributed by atoms with Crippen molar-refractivity contribution in [2.45, 2.75) is 39.3 Å². The van der Waals surface area contributed by atoms with Crippen molar-refractivity contribution >= 4 is 27.9 Å². The van der Waals surface area contributed by atoms with Crippen LogP contribution in [0, 0.1) is 34.0 Å². The van der Waals surface area contributed by atoms with E-state index >= 15 is 0 Å². The Morgan fingerprint density at radius 3 is 1.59 bits per heavy atom. The maximum absolute atomic E-state index is 9.33. The van der Waals surface area contributed by atoms with E-state index in [1.807, 2.05) is 18.2 Å². The Morgan fingerprint density at radius 1 is 0.793 bits per heavy atom. The Morgan fingerprint density at radius 2 is 1.24 bits per heavy atom. The first kappa shape index (κ1) is 24.6. The molecule has 1 aromatic carbocycles. The number of hydrogen-bond donors (Lipinski definition) is 0. The van der Waals surface area contributed by atoms with E-state index in [2.05, 4.69) is 44.2 Å². The summed E-state index contributed by atoms with van der Waals surface area (Å²) in [6.45, 7) is 15.7. The minimum absolute atomic E-state index is 0.0947. The lowest BCUT2D eigenvalue weighted by atomic mass is 10.0. The van der Waals surface area contributed by atoms with Gasteiger partial charge in [-0.1, -0.05) is 12.1 Å². The predicted octanol–water partition coefficient (Wildman–Crippen LogP) is 4.52. The Balaban J connectivity index is 3.02. The maximum atomic E-state index is 9.33. The van der Waals surface area contributed by atoms with Gasteiger partial charge in [-0.3, -0.25) is 0 Å². The lowest BCUT2D eigenvalue weighted by molar-refractivity contribution is 0.297. The first-order valence-corrected chi connectivity index (χ1v) is 16.4. The summed E-state index contributed by atoms with van der Waals surface area (Å²) in [5.74, 6) is 0. The fourth-order valence-corrected chi connectivity index (χ4v) is 3.94. The predicted molar refractivity (Wildman–Crippen MR) is 121 cm³/mol. The Labute approximate surface area is 176 Å². The fraction of sp³-hybridized carbons (Fsp3) is 0.476. The Bertz CT molecular complexity index is 796. The summed E-state index contributed by atoms with van der Waals surface area (Å²) in [7, 11) is -3.18. The van der Waals surface area contributed by atoms with Gasteiger partial charge < -0.3 is 13.8 Å². The van der Waals surface area contributed by atoms with E-state index in [-0.39, 0.29) is 11.1 Å². The molecule has 1 aromatic rings. The number of anilines is 1. The largest absolute Gasteiger partial charge is 0.416 e. The first-order chi connectivity index (χ1) is 13.5. The van der Waals surface area contributed by atoms with Crippen LogP contribution in [0.5, 0.6) is 0 Å². The van der Waals surface area contributed by atoms with Crippen molar-refractivity contribution in [3.63, 3.8) is 0 Å². The summed E-state index contributed by atoms with van der Waals surface area (Å²) < 4.78 is 12.0. The van der Waals surface area contributed by atoms with Crippen molar-refractivity contribution in [2.75, 3.05) is 31.2 Å². The zero-order valence-corrected chi connectivity index (χ0v) is 20.2. The molecule has 0 fully saturated rings. The molecule has 0 radical (unpaired) electrons. The van der Waals surface area contributed by atoms with Crippen molar-refractivity contribution in [1.29, 1.82) is 15.8 Å². The summed E-state index contributed by atoms with van der Waals surface area (Å²) in [4.78, 5) is 2.20. The van der Waals surface area contributed by atoms with E-state index in [1.54, 1.807) is 24.3 Å². The van der Waals surface area contributed by atoms with Crippen LogP contribution in [0.1, 0.15) is 5.56 Å². The van der Waals surface area contributed by atoms with Crippen LogP contribution in [0.4, 0.5) is 5.69 Å². The second-order valence-electron chi connectivity index (χ2n) is 8.54. The van der Waals surface area contributed by atoms with Crippen molar-refractivity contribution in [3.05, 3.63) is 35.4 Å². The van der Waals surface area contributed by atoms with Gasteiger partial charge in [0.15, 0.2) is 16.6 Å². The van der Waals surface area contributed by atoms with E-state index in [4.69, 9.17) is 19.4 Å². The Hall–Kier alpha value is -2.42. The summed E-state index contributed by atoms with van der Waals surface area (Å²) in [6, 6.07) is 12.9. The van der Waals surface area contributed by atoms with Crippen LogP contribution in [-0.4, -0.2) is 42.9 Å².